The fourth-order valence-corrected chi connectivity index (χ4v) is 8.79. The summed E-state index contributed by atoms with van der Waals surface area (Å²) in [5, 5.41) is 56.3. The Hall–Kier alpha value is -8.14. The number of aliphatic hydroxyl groups excluding tert-OH is 2. The molecule has 0 saturated heterocycles. The van der Waals surface area contributed by atoms with Crippen molar-refractivity contribution < 1.29 is 67.5 Å². The van der Waals surface area contributed by atoms with E-state index >= 15 is 0 Å². The third-order valence-electron chi connectivity index (χ3n) is 13.6. The van der Waals surface area contributed by atoms with Crippen molar-refractivity contribution in [1.82, 2.24) is 52.3 Å². The Morgan fingerprint density at radius 2 is 0.766 bits per heavy atom. The van der Waals surface area contributed by atoms with Crippen molar-refractivity contribution in [2.45, 2.75) is 207 Å². The molecule has 8 amide bonds. The van der Waals surface area contributed by atoms with E-state index < -0.39 is 47.8 Å². The number of hydrogen-bond acceptors (Lipinski definition) is 16. The number of nitrogens with zero attached hydrogens (tertiary/aromatic N) is 2. The quantitative estimate of drug-likeness (QED) is 0.0151. The highest BCUT2D eigenvalue weighted by molar-refractivity contribution is 5.80. The Bertz CT molecular complexity index is 2470. The van der Waals surface area contributed by atoms with Gasteiger partial charge in [0.2, 0.25) is 23.6 Å². The van der Waals surface area contributed by atoms with E-state index in [2.05, 4.69) is 42.5 Å². The van der Waals surface area contributed by atoms with Gasteiger partial charge in [0.05, 0.1) is 25.0 Å². The summed E-state index contributed by atoms with van der Waals surface area (Å²) in [6, 6.07) is 18.8. The SMILES string of the molecule is CC(C)(C)OC(=O)NCCCN(CCCCNC(=O)CCNC(=O)CC(O)CCCCCCNC(=N)N)C(=O)OC(C)(C)C.N=C(N)NCCCCCCC(O)CC(=O)NCCC(=O)NCCCCN(CCCNC(=O)OCc1ccccc1)C(=O)OCc1ccccc1. The summed E-state index contributed by atoms with van der Waals surface area (Å²) in [5.41, 5.74) is 11.0. The van der Waals surface area contributed by atoms with Gasteiger partial charge in [0.1, 0.15) is 24.4 Å². The lowest BCUT2D eigenvalue weighted by atomic mass is 10.1. The maximum absolute atomic E-state index is 12.9. The standard InChI is InChI=1S/C36H55N7O7.C30H59N7O7/c37-34(38)41-21-10-2-1-9-18-31(44)26-33(46)40-23-19-32(45)39-20-11-12-24-43(36(48)50-28-30-16-7-4-8-17-30)25-13-22-42-35(47)49-27-29-14-5-3-6-15-29;1-29(2,3)43-27(41)36-18-13-21-37(28(42)44-30(4,5)6)20-12-11-16-33-24(39)15-19-34-25(40)22-23(38)14-9-7-8-10-17-35-26(31)32/h3-8,14-17,31,44H,1-2,9-13,18-28H2,(H,39,45)(H,40,46)(H,42,47)(H4,37,38,41);23,38H,7-22H2,1-6H3,(H,33,39)(H,34,40)(H,36,41)(H4,31,32,35). The Morgan fingerprint density at radius 3 is 1.19 bits per heavy atom. The molecule has 28 heteroatoms. The molecule has 2 aromatic rings. The van der Waals surface area contributed by atoms with Crippen LogP contribution >= 0.6 is 0 Å². The smallest absolute Gasteiger partial charge is 0.410 e. The van der Waals surface area contributed by atoms with E-state index in [0.717, 1.165) is 62.5 Å². The number of aliphatic hydroxyl groups is 2. The van der Waals surface area contributed by atoms with Crippen molar-refractivity contribution in [3.05, 3.63) is 71.8 Å². The van der Waals surface area contributed by atoms with Crippen LogP contribution in [0.25, 0.3) is 0 Å². The zero-order chi connectivity index (χ0) is 69.8. The normalized spacial score (nSPS) is 11.6. The minimum Gasteiger partial charge on any atom is -0.445 e. The number of amides is 8. The van der Waals surface area contributed by atoms with Gasteiger partial charge in [-0.1, -0.05) is 99.2 Å². The van der Waals surface area contributed by atoms with Gasteiger partial charge in [-0.05, 0) is 117 Å². The van der Waals surface area contributed by atoms with E-state index in [1.54, 1.807) is 51.3 Å². The van der Waals surface area contributed by atoms with Crippen LogP contribution in [-0.2, 0) is 51.3 Å². The lowest BCUT2D eigenvalue weighted by Crippen LogP contribution is -2.40. The van der Waals surface area contributed by atoms with Crippen molar-refractivity contribution in [2.75, 3.05) is 78.5 Å². The molecule has 0 heterocycles. The number of unbranched alkanes of at least 4 members (excludes halogenated alkanes) is 8. The highest BCUT2D eigenvalue weighted by Crippen LogP contribution is 2.14. The summed E-state index contributed by atoms with van der Waals surface area (Å²) in [5.74, 6) is -1.06. The average molecular weight is 1330 g/mol. The van der Waals surface area contributed by atoms with Crippen molar-refractivity contribution in [1.29, 1.82) is 10.8 Å². The number of guanidine groups is 2. The first kappa shape index (κ1) is 83.9. The van der Waals surface area contributed by atoms with Gasteiger partial charge in [0.15, 0.2) is 11.9 Å². The zero-order valence-electron chi connectivity index (χ0n) is 56.8. The molecule has 2 unspecified atom stereocenters. The molecule has 0 aliphatic heterocycles. The first-order chi connectivity index (χ1) is 44.7. The van der Waals surface area contributed by atoms with Gasteiger partial charge in [-0.25, -0.2) is 19.2 Å². The van der Waals surface area contributed by atoms with Gasteiger partial charge < -0.3 is 93.0 Å². The molecule has 532 valence electrons. The summed E-state index contributed by atoms with van der Waals surface area (Å²) in [6.07, 6.45) is 8.60. The van der Waals surface area contributed by atoms with Gasteiger partial charge in [-0.15, -0.1) is 0 Å². The van der Waals surface area contributed by atoms with Crippen LogP contribution in [-0.4, -0.2) is 182 Å². The van der Waals surface area contributed by atoms with Gasteiger partial charge in [-0.3, -0.25) is 30.0 Å². The summed E-state index contributed by atoms with van der Waals surface area (Å²) >= 11 is 0. The van der Waals surface area contributed by atoms with Crippen molar-refractivity contribution in [3.63, 3.8) is 0 Å². The average Bonchev–Trinajstić information content (AvgIpc) is 1.81. The highest BCUT2D eigenvalue weighted by atomic mass is 16.6. The number of alkyl carbamates (subject to hydrolysis) is 2. The molecule has 0 fully saturated rings. The van der Waals surface area contributed by atoms with Crippen molar-refractivity contribution >= 4 is 59.9 Å². The number of nitrogens with one attached hydrogen (secondary N) is 10. The molecule has 0 aliphatic rings. The maximum Gasteiger partial charge on any atom is 0.410 e. The predicted molar refractivity (Wildman–Crippen MR) is 361 cm³/mol. The molecule has 0 bridgehead atoms. The molecule has 2 atom stereocenters. The van der Waals surface area contributed by atoms with Gasteiger partial charge >= 0.3 is 24.4 Å². The molecule has 16 N–H and O–H groups in total. The number of carbonyl (C=O) groups is 8. The van der Waals surface area contributed by atoms with E-state index in [4.69, 9.17) is 41.2 Å². The summed E-state index contributed by atoms with van der Waals surface area (Å²) in [6.45, 7) is 15.9. The number of carbonyl (C=O) groups excluding carboxylic acids is 8. The number of hydrogen-bond donors (Lipinski definition) is 14. The topological polar surface area (TPSA) is 416 Å². The molecule has 28 nitrogen and oxygen atoms in total. The van der Waals surface area contributed by atoms with Crippen molar-refractivity contribution in [2.24, 2.45) is 11.5 Å². The predicted octanol–water partition coefficient (Wildman–Crippen LogP) is 6.25. The van der Waals surface area contributed by atoms with Crippen LogP contribution in [0, 0.1) is 10.8 Å². The number of benzene rings is 2. The lowest BCUT2D eigenvalue weighted by molar-refractivity contribution is -0.125. The molecular weight excluding hydrogens is 1210 g/mol. The zero-order valence-corrected chi connectivity index (χ0v) is 56.8. The third kappa shape index (κ3) is 51.4. The minimum atomic E-state index is -0.730. The van der Waals surface area contributed by atoms with E-state index in [0.29, 0.717) is 117 Å². The minimum absolute atomic E-state index is 0.00126. The number of nitrogens with two attached hydrogens (primary N) is 2. The first-order valence-electron chi connectivity index (χ1n) is 33.1. The molecule has 2 rings (SSSR count). The molecule has 0 radical (unpaired) electrons. The molecular formula is C66H114N14O14. The molecule has 0 saturated carbocycles. The molecule has 0 aromatic heterocycles. The van der Waals surface area contributed by atoms with E-state index in [1.807, 2.05) is 60.7 Å². The third-order valence-corrected chi connectivity index (χ3v) is 13.6. The Kier molecular flexibility index (Phi) is 45.8. The second-order valence-electron chi connectivity index (χ2n) is 24.7. The summed E-state index contributed by atoms with van der Waals surface area (Å²) in [4.78, 5) is 101. The maximum atomic E-state index is 12.9. The van der Waals surface area contributed by atoms with E-state index in [9.17, 15) is 48.6 Å². The molecule has 0 aliphatic carbocycles. The van der Waals surface area contributed by atoms with Crippen LogP contribution in [0.2, 0.25) is 0 Å². The van der Waals surface area contributed by atoms with Crippen LogP contribution in [0.1, 0.15) is 181 Å². The van der Waals surface area contributed by atoms with E-state index in [1.165, 1.54) is 0 Å². The monoisotopic (exact) mass is 1330 g/mol. The van der Waals surface area contributed by atoms with Crippen LogP contribution in [0.4, 0.5) is 19.2 Å². The first-order valence-corrected chi connectivity index (χ1v) is 33.1. The second-order valence-corrected chi connectivity index (χ2v) is 24.7. The van der Waals surface area contributed by atoms with Crippen LogP contribution in [0.5, 0.6) is 0 Å². The summed E-state index contributed by atoms with van der Waals surface area (Å²) in [7, 11) is 0. The van der Waals surface area contributed by atoms with Crippen LogP contribution in [0.15, 0.2) is 60.7 Å². The largest absolute Gasteiger partial charge is 0.445 e. The van der Waals surface area contributed by atoms with Crippen LogP contribution in [0.3, 0.4) is 0 Å². The number of ether oxygens (including phenoxy) is 4. The fraction of sp³-hybridized carbons (Fsp3) is 0.667. The Balaban J connectivity index is 0.000000949. The Morgan fingerprint density at radius 1 is 0.415 bits per heavy atom. The van der Waals surface area contributed by atoms with Gasteiger partial charge in [0, 0.05) is 91.4 Å². The highest BCUT2D eigenvalue weighted by Gasteiger charge is 2.23. The van der Waals surface area contributed by atoms with Gasteiger partial charge in [-0.2, -0.15) is 0 Å². The molecule has 0 spiro atoms. The molecule has 94 heavy (non-hydrogen) atoms. The van der Waals surface area contributed by atoms with Crippen molar-refractivity contribution in [3.8, 4) is 0 Å². The molecule has 2 aromatic carbocycles. The summed E-state index contributed by atoms with van der Waals surface area (Å²) < 4.78 is 21.5. The number of rotatable bonds is 46. The van der Waals surface area contributed by atoms with Crippen LogP contribution < -0.4 is 54.0 Å². The van der Waals surface area contributed by atoms with E-state index in [-0.39, 0.29) is 87.5 Å². The fourth-order valence-electron chi connectivity index (χ4n) is 8.79. The van der Waals surface area contributed by atoms with Gasteiger partial charge in [0.25, 0.3) is 0 Å². The Labute approximate surface area is 557 Å². The second kappa shape index (κ2) is 51.3. The lowest BCUT2D eigenvalue weighted by Gasteiger charge is -2.27.